The number of carbonyl (C=O) groups excluding carboxylic acids is 2. The predicted octanol–water partition coefficient (Wildman–Crippen LogP) is 2.36. The Morgan fingerprint density at radius 3 is 2.61 bits per heavy atom. The van der Waals surface area contributed by atoms with Crippen LogP contribution in [-0.2, 0) is 14.3 Å². The molecular formula is C15H20O3. The van der Waals surface area contributed by atoms with Crippen LogP contribution in [0.4, 0.5) is 0 Å². The molecule has 3 aliphatic rings. The molecule has 0 spiro atoms. The number of esters is 1. The molecule has 0 radical (unpaired) electrons. The van der Waals surface area contributed by atoms with Crippen LogP contribution < -0.4 is 0 Å². The largest absolute Gasteiger partial charge is 0.461 e. The first kappa shape index (κ1) is 11.9. The Labute approximate surface area is 108 Å². The van der Waals surface area contributed by atoms with Crippen molar-refractivity contribution >= 4 is 11.8 Å². The Bertz CT molecular complexity index is 437. The summed E-state index contributed by atoms with van der Waals surface area (Å²) in [6.07, 6.45) is 3.73. The Morgan fingerprint density at radius 1 is 1.17 bits per heavy atom. The zero-order valence-corrected chi connectivity index (χ0v) is 11.2. The van der Waals surface area contributed by atoms with Crippen molar-refractivity contribution in [2.24, 2.45) is 29.6 Å². The second kappa shape index (κ2) is 3.94. The number of ketones is 1. The highest BCUT2D eigenvalue weighted by atomic mass is 16.6. The summed E-state index contributed by atoms with van der Waals surface area (Å²) in [4.78, 5) is 23.9. The van der Waals surface area contributed by atoms with Crippen molar-refractivity contribution in [3.8, 4) is 0 Å². The second-order valence-corrected chi connectivity index (χ2v) is 6.25. The number of allylic oxidation sites excluding steroid dienone is 1. The maximum atomic E-state index is 12.1. The van der Waals surface area contributed by atoms with Crippen molar-refractivity contribution in [2.45, 2.75) is 39.7 Å². The quantitative estimate of drug-likeness (QED) is 0.618. The van der Waals surface area contributed by atoms with E-state index in [4.69, 9.17) is 4.74 Å². The molecule has 6 atom stereocenters. The van der Waals surface area contributed by atoms with Gasteiger partial charge in [-0.3, -0.25) is 9.59 Å². The molecule has 1 saturated heterocycles. The molecule has 3 heteroatoms. The summed E-state index contributed by atoms with van der Waals surface area (Å²) in [5, 5.41) is 0. The monoisotopic (exact) mass is 248 g/mol. The van der Waals surface area contributed by atoms with Crippen molar-refractivity contribution in [3.63, 3.8) is 0 Å². The lowest BCUT2D eigenvalue weighted by molar-refractivity contribution is -0.146. The summed E-state index contributed by atoms with van der Waals surface area (Å²) >= 11 is 0. The number of hydrogen-bond acceptors (Lipinski definition) is 3. The molecular weight excluding hydrogens is 228 g/mol. The van der Waals surface area contributed by atoms with Crippen LogP contribution in [0.25, 0.3) is 0 Å². The van der Waals surface area contributed by atoms with Gasteiger partial charge in [0, 0.05) is 17.8 Å². The molecule has 1 heterocycles. The van der Waals surface area contributed by atoms with E-state index in [2.05, 4.69) is 6.92 Å². The SMILES string of the molecule is CC1=CC(=O)[C@@H]2[C@H]1[C@@H]1OC(=O)[C@H](C)[C@@H]1CC[C@@H]2C. The molecule has 0 aromatic rings. The smallest absolute Gasteiger partial charge is 0.309 e. The third-order valence-electron chi connectivity index (χ3n) is 5.22. The van der Waals surface area contributed by atoms with E-state index in [1.165, 1.54) is 0 Å². The number of carbonyl (C=O) groups is 2. The molecule has 0 aromatic heterocycles. The van der Waals surface area contributed by atoms with Gasteiger partial charge in [-0.1, -0.05) is 19.4 Å². The number of ether oxygens (including phenoxy) is 1. The molecule has 1 saturated carbocycles. The van der Waals surface area contributed by atoms with Gasteiger partial charge < -0.3 is 4.74 Å². The van der Waals surface area contributed by atoms with E-state index < -0.39 is 0 Å². The van der Waals surface area contributed by atoms with Gasteiger partial charge in [-0.25, -0.2) is 0 Å². The maximum Gasteiger partial charge on any atom is 0.309 e. The highest BCUT2D eigenvalue weighted by Crippen LogP contribution is 2.49. The van der Waals surface area contributed by atoms with Crippen molar-refractivity contribution in [1.29, 1.82) is 0 Å². The van der Waals surface area contributed by atoms with Crippen molar-refractivity contribution < 1.29 is 14.3 Å². The van der Waals surface area contributed by atoms with E-state index >= 15 is 0 Å². The fourth-order valence-electron chi connectivity index (χ4n) is 4.15. The van der Waals surface area contributed by atoms with Crippen LogP contribution in [0.3, 0.4) is 0 Å². The number of rotatable bonds is 0. The van der Waals surface area contributed by atoms with Crippen LogP contribution in [0.15, 0.2) is 11.6 Å². The van der Waals surface area contributed by atoms with Crippen LogP contribution >= 0.6 is 0 Å². The minimum Gasteiger partial charge on any atom is -0.461 e. The third-order valence-corrected chi connectivity index (χ3v) is 5.22. The summed E-state index contributed by atoms with van der Waals surface area (Å²) in [6.45, 7) is 6.14. The van der Waals surface area contributed by atoms with Gasteiger partial charge in [-0.2, -0.15) is 0 Å². The van der Waals surface area contributed by atoms with E-state index in [1.807, 2.05) is 13.8 Å². The lowest BCUT2D eigenvalue weighted by Gasteiger charge is -2.28. The molecule has 0 amide bonds. The summed E-state index contributed by atoms with van der Waals surface area (Å²) in [6, 6.07) is 0. The molecule has 18 heavy (non-hydrogen) atoms. The average molecular weight is 248 g/mol. The first-order valence-corrected chi connectivity index (χ1v) is 6.93. The lowest BCUT2D eigenvalue weighted by atomic mass is 9.77. The van der Waals surface area contributed by atoms with Gasteiger partial charge in [-0.05, 0) is 31.8 Å². The summed E-state index contributed by atoms with van der Waals surface area (Å²) in [5.41, 5.74) is 1.11. The van der Waals surface area contributed by atoms with Crippen LogP contribution in [0, 0.1) is 29.6 Å². The zero-order chi connectivity index (χ0) is 13.0. The Hall–Kier alpha value is -1.12. The Kier molecular flexibility index (Phi) is 2.61. The van der Waals surface area contributed by atoms with Gasteiger partial charge in [0.1, 0.15) is 6.10 Å². The van der Waals surface area contributed by atoms with E-state index in [-0.39, 0.29) is 35.6 Å². The van der Waals surface area contributed by atoms with Gasteiger partial charge in [-0.15, -0.1) is 0 Å². The van der Waals surface area contributed by atoms with Crippen LogP contribution in [-0.4, -0.2) is 17.9 Å². The molecule has 0 N–H and O–H groups in total. The Balaban J connectivity index is 2.00. The zero-order valence-electron chi connectivity index (χ0n) is 11.2. The van der Waals surface area contributed by atoms with Gasteiger partial charge in [0.2, 0.25) is 0 Å². The lowest BCUT2D eigenvalue weighted by Crippen LogP contribution is -2.33. The van der Waals surface area contributed by atoms with Gasteiger partial charge >= 0.3 is 5.97 Å². The predicted molar refractivity (Wildman–Crippen MR) is 66.7 cm³/mol. The van der Waals surface area contributed by atoms with Crippen LogP contribution in [0.5, 0.6) is 0 Å². The summed E-state index contributed by atoms with van der Waals surface area (Å²) in [7, 11) is 0. The normalized spacial score (nSPS) is 47.2. The van der Waals surface area contributed by atoms with Crippen molar-refractivity contribution in [1.82, 2.24) is 0 Å². The highest BCUT2D eigenvalue weighted by Gasteiger charge is 2.53. The molecule has 1 aliphatic heterocycles. The molecule has 0 bridgehead atoms. The maximum absolute atomic E-state index is 12.1. The van der Waals surface area contributed by atoms with Crippen molar-refractivity contribution in [2.75, 3.05) is 0 Å². The van der Waals surface area contributed by atoms with E-state index in [0.717, 1.165) is 18.4 Å². The minimum absolute atomic E-state index is 0.00977. The Morgan fingerprint density at radius 2 is 1.89 bits per heavy atom. The first-order chi connectivity index (χ1) is 8.50. The molecule has 0 unspecified atom stereocenters. The van der Waals surface area contributed by atoms with E-state index in [1.54, 1.807) is 6.08 Å². The van der Waals surface area contributed by atoms with Crippen LogP contribution in [0.2, 0.25) is 0 Å². The minimum atomic E-state index is -0.0783. The van der Waals surface area contributed by atoms with Gasteiger partial charge in [0.05, 0.1) is 5.92 Å². The average Bonchev–Trinajstić information content (AvgIpc) is 2.68. The third kappa shape index (κ3) is 1.49. The second-order valence-electron chi connectivity index (χ2n) is 6.25. The fraction of sp³-hybridized carbons (Fsp3) is 0.733. The molecule has 0 aromatic carbocycles. The molecule has 2 fully saturated rings. The van der Waals surface area contributed by atoms with Gasteiger partial charge in [0.25, 0.3) is 0 Å². The van der Waals surface area contributed by atoms with Crippen molar-refractivity contribution in [3.05, 3.63) is 11.6 Å². The number of hydrogen-bond donors (Lipinski definition) is 0. The van der Waals surface area contributed by atoms with E-state index in [9.17, 15) is 9.59 Å². The van der Waals surface area contributed by atoms with Gasteiger partial charge in [0.15, 0.2) is 5.78 Å². The number of fused-ring (bicyclic) bond motifs is 3. The first-order valence-electron chi connectivity index (χ1n) is 6.93. The molecule has 2 aliphatic carbocycles. The molecule has 98 valence electrons. The van der Waals surface area contributed by atoms with E-state index in [0.29, 0.717) is 11.8 Å². The van der Waals surface area contributed by atoms with Crippen LogP contribution in [0.1, 0.15) is 33.6 Å². The fourth-order valence-corrected chi connectivity index (χ4v) is 4.15. The highest BCUT2D eigenvalue weighted by molar-refractivity contribution is 5.96. The summed E-state index contributed by atoms with van der Waals surface area (Å²) < 4.78 is 5.61. The standard InChI is InChI=1S/C15H20O3/c1-7-4-5-10-9(3)15(17)18-14(10)13-8(2)6-11(16)12(7)13/h6-7,9-10,12-14H,4-5H2,1-3H3/t7-,9+,10-,12+,13-,14+/m0/s1. The molecule has 3 nitrogen and oxygen atoms in total. The summed E-state index contributed by atoms with van der Waals surface area (Å²) in [5.74, 6) is 1.01. The topological polar surface area (TPSA) is 43.4 Å². The molecule has 3 rings (SSSR count).